The number of rotatable bonds is 12. The molecule has 3 atom stereocenters. The van der Waals surface area contributed by atoms with Crippen molar-refractivity contribution in [1.82, 2.24) is 25.4 Å². The fraction of sp³-hybridized carbons (Fsp3) is 0.480. The first-order valence-electron chi connectivity index (χ1n) is 13.4. The quantitative estimate of drug-likeness (QED) is 0.0823. The van der Waals surface area contributed by atoms with Crippen molar-refractivity contribution >= 4 is 47.3 Å². The van der Waals surface area contributed by atoms with Gasteiger partial charge in [0.2, 0.25) is 5.91 Å². The monoisotopic (exact) mass is 588 g/mol. The van der Waals surface area contributed by atoms with Crippen molar-refractivity contribution in [3.05, 3.63) is 40.4 Å². The zero-order chi connectivity index (χ0) is 29.7. The van der Waals surface area contributed by atoms with Crippen molar-refractivity contribution in [3.8, 4) is 5.75 Å². The molecule has 0 bridgehead atoms. The van der Waals surface area contributed by atoms with E-state index in [1.165, 1.54) is 22.4 Å². The number of aliphatic hydroxyl groups excluding tert-OH is 1. The van der Waals surface area contributed by atoms with Crippen LogP contribution in [0.4, 0.5) is 5.13 Å². The maximum absolute atomic E-state index is 13.4. The third-order valence-corrected chi connectivity index (χ3v) is 7.70. The number of aliphatic hydroxyl groups is 1. The lowest BCUT2D eigenvalue weighted by Gasteiger charge is -2.37. The standard InChI is InChI=1S/C25H33BN6O8S/c1-2-3-4-5-9-31-10-11-32(22(35)21(31)34)25(38)30-18(16-13-41-24(27)28-16)20(33)29-17-12-14-7-6-8-15(23(36)37)19(14)40-26(17)39/h6-8,13,17-18,25,30,38-39H,2-5,9-12H2,1H3,(H2,27,28)(H,29,33)(H,36,37)/t17-,18?,25?/m0/s1. The largest absolute Gasteiger partial charge is 0.547 e. The number of amides is 3. The molecule has 41 heavy (non-hydrogen) atoms. The van der Waals surface area contributed by atoms with Crippen molar-refractivity contribution in [2.24, 2.45) is 0 Å². The number of aromatic carboxylic acids is 1. The molecule has 1 aromatic heterocycles. The van der Waals surface area contributed by atoms with Gasteiger partial charge in [0, 0.05) is 25.0 Å². The molecule has 2 aliphatic rings. The Kier molecular flexibility index (Phi) is 9.80. The number of carboxylic acids is 1. The Bertz CT molecular complexity index is 1290. The highest BCUT2D eigenvalue weighted by Gasteiger charge is 2.41. The first-order chi connectivity index (χ1) is 19.6. The van der Waals surface area contributed by atoms with E-state index in [4.69, 9.17) is 10.4 Å². The summed E-state index contributed by atoms with van der Waals surface area (Å²) in [6.07, 6.45) is 2.16. The second-order valence-corrected chi connectivity index (χ2v) is 10.8. The van der Waals surface area contributed by atoms with Gasteiger partial charge in [-0.05, 0) is 24.5 Å². The highest BCUT2D eigenvalue weighted by molar-refractivity contribution is 7.13. The first kappa shape index (κ1) is 30.2. The number of aromatic nitrogens is 1. The van der Waals surface area contributed by atoms with Gasteiger partial charge in [-0.3, -0.25) is 24.6 Å². The molecule has 1 saturated heterocycles. The maximum Gasteiger partial charge on any atom is 0.547 e. The Hall–Kier alpha value is -3.73. The predicted octanol–water partition coefficient (Wildman–Crippen LogP) is -0.279. The summed E-state index contributed by atoms with van der Waals surface area (Å²) in [6, 6.07) is 3.18. The number of hydrogen-bond acceptors (Lipinski definition) is 11. The van der Waals surface area contributed by atoms with Crippen LogP contribution in [0.25, 0.3) is 0 Å². The number of nitrogen functional groups attached to an aromatic ring is 1. The average molecular weight is 588 g/mol. The predicted molar refractivity (Wildman–Crippen MR) is 148 cm³/mol. The van der Waals surface area contributed by atoms with Crippen molar-refractivity contribution in [2.45, 2.75) is 57.4 Å². The fourth-order valence-corrected chi connectivity index (χ4v) is 5.40. The van der Waals surface area contributed by atoms with Crippen LogP contribution in [0.3, 0.4) is 0 Å². The number of anilines is 1. The number of unbranched alkanes of at least 4 members (excludes halogenated alkanes) is 3. The van der Waals surface area contributed by atoms with Gasteiger partial charge >= 0.3 is 24.9 Å². The number of nitrogens with two attached hydrogens (primary N) is 1. The van der Waals surface area contributed by atoms with E-state index in [-0.39, 0.29) is 41.6 Å². The minimum atomic E-state index is -1.71. The zero-order valence-corrected chi connectivity index (χ0v) is 23.3. The number of carboxylic acid groups (broad SMARTS) is 1. The summed E-state index contributed by atoms with van der Waals surface area (Å²) in [7, 11) is -1.57. The van der Waals surface area contributed by atoms with Crippen LogP contribution < -0.4 is 21.0 Å². The SMILES string of the molecule is CCCCCCN1CCN(C(O)NC(C(=O)N[C@H]2Cc3cccc(C(=O)O)c3OB2O)c2csc(N)n2)C(=O)C1=O. The molecule has 16 heteroatoms. The number of nitrogens with one attached hydrogen (secondary N) is 2. The number of fused-ring (bicyclic) bond motifs is 1. The maximum atomic E-state index is 13.4. The zero-order valence-electron chi connectivity index (χ0n) is 22.5. The topological polar surface area (TPSA) is 208 Å². The molecular weight excluding hydrogens is 555 g/mol. The number of hydrogen-bond donors (Lipinski definition) is 6. The van der Waals surface area contributed by atoms with E-state index in [1.54, 1.807) is 6.07 Å². The third-order valence-electron chi connectivity index (χ3n) is 7.01. The fourth-order valence-electron chi connectivity index (χ4n) is 4.82. The Morgan fingerprint density at radius 3 is 2.71 bits per heavy atom. The molecule has 3 heterocycles. The highest BCUT2D eigenvalue weighted by Crippen LogP contribution is 2.30. The number of benzene rings is 1. The lowest BCUT2D eigenvalue weighted by atomic mass is 9.72. The molecule has 14 nitrogen and oxygen atoms in total. The van der Waals surface area contributed by atoms with Crippen molar-refractivity contribution in [1.29, 1.82) is 0 Å². The smallest absolute Gasteiger partial charge is 0.534 e. The van der Waals surface area contributed by atoms with Gasteiger partial charge < -0.3 is 35.8 Å². The molecule has 7 N–H and O–H groups in total. The molecule has 0 aliphatic carbocycles. The van der Waals surface area contributed by atoms with E-state index >= 15 is 0 Å². The van der Waals surface area contributed by atoms with Crippen LogP contribution >= 0.6 is 11.3 Å². The number of carbonyl (C=O) groups is 4. The summed E-state index contributed by atoms with van der Waals surface area (Å²) in [5, 5.41) is 37.8. The number of piperazine rings is 1. The summed E-state index contributed by atoms with van der Waals surface area (Å²) in [5.41, 5.74) is 6.27. The van der Waals surface area contributed by atoms with Gasteiger partial charge in [-0.25, -0.2) is 9.78 Å². The molecule has 2 aromatic rings. The second kappa shape index (κ2) is 13.3. The molecule has 220 valence electrons. The molecule has 2 unspecified atom stereocenters. The summed E-state index contributed by atoms with van der Waals surface area (Å²) < 4.78 is 5.44. The Morgan fingerprint density at radius 2 is 2.02 bits per heavy atom. The Morgan fingerprint density at radius 1 is 1.24 bits per heavy atom. The van der Waals surface area contributed by atoms with Gasteiger partial charge in [0.1, 0.15) is 11.8 Å². The van der Waals surface area contributed by atoms with Gasteiger partial charge in [0.25, 0.3) is 0 Å². The van der Waals surface area contributed by atoms with Crippen LogP contribution in [0.1, 0.15) is 60.3 Å². The van der Waals surface area contributed by atoms with E-state index < -0.39 is 49.1 Å². The van der Waals surface area contributed by atoms with Crippen LogP contribution in [0.2, 0.25) is 0 Å². The summed E-state index contributed by atoms with van der Waals surface area (Å²) >= 11 is 1.06. The average Bonchev–Trinajstić information content (AvgIpc) is 3.37. The minimum absolute atomic E-state index is 0.0167. The van der Waals surface area contributed by atoms with E-state index in [1.807, 2.05) is 0 Å². The van der Waals surface area contributed by atoms with Crippen LogP contribution in [-0.4, -0.2) is 92.8 Å². The number of nitrogens with zero attached hydrogens (tertiary/aromatic N) is 3. The molecule has 1 fully saturated rings. The van der Waals surface area contributed by atoms with Gasteiger partial charge in [0.15, 0.2) is 11.5 Å². The molecule has 4 rings (SSSR count). The lowest BCUT2D eigenvalue weighted by molar-refractivity contribution is -0.166. The first-order valence-corrected chi connectivity index (χ1v) is 14.2. The van der Waals surface area contributed by atoms with Gasteiger partial charge in [-0.1, -0.05) is 38.3 Å². The highest BCUT2D eigenvalue weighted by atomic mass is 32.1. The van der Waals surface area contributed by atoms with Crippen molar-refractivity contribution < 1.29 is 39.1 Å². The van der Waals surface area contributed by atoms with Gasteiger partial charge in [-0.2, -0.15) is 0 Å². The van der Waals surface area contributed by atoms with Crippen LogP contribution in [0.5, 0.6) is 5.75 Å². The molecule has 2 aliphatic heterocycles. The summed E-state index contributed by atoms with van der Waals surface area (Å²) in [4.78, 5) is 57.0. The summed E-state index contributed by atoms with van der Waals surface area (Å²) in [6.45, 7) is 2.82. The van der Waals surface area contributed by atoms with Crippen molar-refractivity contribution in [3.63, 3.8) is 0 Å². The molecular formula is C25H33BN6O8S. The van der Waals surface area contributed by atoms with Gasteiger partial charge in [-0.15, -0.1) is 11.3 Å². The van der Waals surface area contributed by atoms with E-state index in [9.17, 15) is 34.4 Å². The van der Waals surface area contributed by atoms with Gasteiger partial charge in [0.05, 0.1) is 17.2 Å². The third kappa shape index (κ3) is 6.96. The molecule has 0 saturated carbocycles. The normalized spacial score (nSPS) is 18.5. The van der Waals surface area contributed by atoms with E-state index in [0.29, 0.717) is 12.1 Å². The second-order valence-electron chi connectivity index (χ2n) is 9.86. The number of para-hydroxylation sites is 1. The molecule has 0 radical (unpaired) electrons. The minimum Gasteiger partial charge on any atom is -0.534 e. The summed E-state index contributed by atoms with van der Waals surface area (Å²) in [5.74, 6) is -4.53. The lowest BCUT2D eigenvalue weighted by Crippen LogP contribution is -2.62. The number of thiazole rings is 1. The van der Waals surface area contributed by atoms with Crippen molar-refractivity contribution in [2.75, 3.05) is 25.4 Å². The molecule has 3 amide bonds. The van der Waals surface area contributed by atoms with E-state index in [0.717, 1.165) is 41.9 Å². The Labute approximate surface area is 240 Å². The molecule has 1 aromatic carbocycles. The molecule has 0 spiro atoms. The Balaban J connectivity index is 1.45. The van der Waals surface area contributed by atoms with Crippen LogP contribution in [-0.2, 0) is 20.8 Å². The number of carbonyl (C=O) groups excluding carboxylic acids is 3. The van der Waals surface area contributed by atoms with Crippen LogP contribution in [0, 0.1) is 0 Å². The van der Waals surface area contributed by atoms with Crippen LogP contribution in [0.15, 0.2) is 23.6 Å². The van der Waals surface area contributed by atoms with E-state index in [2.05, 4.69) is 22.5 Å².